The molecule has 1 unspecified atom stereocenters. The largest absolute Gasteiger partial charge is 0.356 e. The minimum Gasteiger partial charge on any atom is -0.356 e. The van der Waals surface area contributed by atoms with E-state index in [1.54, 1.807) is 11.3 Å². The molecule has 0 aliphatic rings. The van der Waals surface area contributed by atoms with Crippen molar-refractivity contribution in [3.63, 3.8) is 0 Å². The summed E-state index contributed by atoms with van der Waals surface area (Å²) in [6, 6.07) is 4.00. The van der Waals surface area contributed by atoms with Crippen LogP contribution in [0.25, 0.3) is 0 Å². The lowest BCUT2D eigenvalue weighted by Crippen LogP contribution is -2.30. The van der Waals surface area contributed by atoms with Gasteiger partial charge < -0.3 is 5.32 Å². The molecule has 2 nitrogen and oxygen atoms in total. The molecule has 1 N–H and O–H groups in total. The SMILES string of the molecule is CCCCC(CC)CNC(=O)Cc1cccs1. The molecule has 1 aromatic rings. The normalized spacial score (nSPS) is 12.4. The zero-order chi connectivity index (χ0) is 12.5. The monoisotopic (exact) mass is 253 g/mol. The van der Waals surface area contributed by atoms with Crippen molar-refractivity contribution in [3.05, 3.63) is 22.4 Å². The first-order valence-electron chi connectivity index (χ1n) is 6.55. The summed E-state index contributed by atoms with van der Waals surface area (Å²) in [6.07, 6.45) is 5.41. The molecule has 1 aromatic heterocycles. The van der Waals surface area contributed by atoms with Crippen molar-refractivity contribution in [2.24, 2.45) is 5.92 Å². The molecule has 0 radical (unpaired) electrons. The number of hydrogen-bond acceptors (Lipinski definition) is 2. The Kier molecular flexibility index (Phi) is 6.94. The Morgan fingerprint density at radius 2 is 2.29 bits per heavy atom. The van der Waals surface area contributed by atoms with Gasteiger partial charge in [-0.15, -0.1) is 11.3 Å². The molecule has 0 fully saturated rings. The van der Waals surface area contributed by atoms with E-state index in [1.165, 1.54) is 19.3 Å². The van der Waals surface area contributed by atoms with Crippen molar-refractivity contribution in [1.82, 2.24) is 5.32 Å². The van der Waals surface area contributed by atoms with Gasteiger partial charge in [-0.3, -0.25) is 4.79 Å². The highest BCUT2D eigenvalue weighted by atomic mass is 32.1. The number of carbonyl (C=O) groups is 1. The van der Waals surface area contributed by atoms with Gasteiger partial charge in [0, 0.05) is 11.4 Å². The molecule has 0 aliphatic carbocycles. The maximum Gasteiger partial charge on any atom is 0.225 e. The van der Waals surface area contributed by atoms with E-state index in [4.69, 9.17) is 0 Å². The smallest absolute Gasteiger partial charge is 0.225 e. The second kappa shape index (κ2) is 8.29. The second-order valence-corrected chi connectivity index (χ2v) is 5.51. The number of carbonyl (C=O) groups excluding carboxylic acids is 1. The Bertz CT molecular complexity index is 308. The van der Waals surface area contributed by atoms with E-state index in [0.717, 1.165) is 17.8 Å². The van der Waals surface area contributed by atoms with Gasteiger partial charge in [-0.05, 0) is 23.8 Å². The molecule has 3 heteroatoms. The number of thiophene rings is 1. The summed E-state index contributed by atoms with van der Waals surface area (Å²) >= 11 is 1.64. The average Bonchev–Trinajstić information content (AvgIpc) is 2.82. The third-order valence-electron chi connectivity index (χ3n) is 3.05. The van der Waals surface area contributed by atoms with Crippen molar-refractivity contribution in [3.8, 4) is 0 Å². The van der Waals surface area contributed by atoms with Crippen LogP contribution in [0.5, 0.6) is 0 Å². The van der Waals surface area contributed by atoms with E-state index < -0.39 is 0 Å². The Morgan fingerprint density at radius 3 is 2.88 bits per heavy atom. The van der Waals surface area contributed by atoms with Crippen LogP contribution in [0.4, 0.5) is 0 Å². The summed E-state index contributed by atoms with van der Waals surface area (Å²) in [4.78, 5) is 12.8. The van der Waals surface area contributed by atoms with E-state index in [1.807, 2.05) is 17.5 Å². The molecule has 1 atom stereocenters. The third-order valence-corrected chi connectivity index (χ3v) is 3.92. The van der Waals surface area contributed by atoms with Crippen LogP contribution in [0.2, 0.25) is 0 Å². The third kappa shape index (κ3) is 5.87. The lowest BCUT2D eigenvalue weighted by molar-refractivity contribution is -0.120. The summed E-state index contributed by atoms with van der Waals surface area (Å²) in [7, 11) is 0. The summed E-state index contributed by atoms with van der Waals surface area (Å²) in [5.41, 5.74) is 0. The number of hydrogen-bond donors (Lipinski definition) is 1. The molecule has 0 aliphatic heterocycles. The van der Waals surface area contributed by atoms with Crippen LogP contribution in [0.1, 0.15) is 44.4 Å². The van der Waals surface area contributed by atoms with Gasteiger partial charge in [0.2, 0.25) is 5.91 Å². The zero-order valence-electron chi connectivity index (χ0n) is 10.9. The first-order valence-corrected chi connectivity index (χ1v) is 7.43. The lowest BCUT2D eigenvalue weighted by atomic mass is 9.99. The molecule has 0 saturated carbocycles. The molecule has 0 aromatic carbocycles. The second-order valence-electron chi connectivity index (χ2n) is 4.48. The molecule has 1 heterocycles. The molecule has 1 amide bonds. The summed E-state index contributed by atoms with van der Waals surface area (Å²) in [5.74, 6) is 0.796. The van der Waals surface area contributed by atoms with Crippen molar-refractivity contribution in [1.29, 1.82) is 0 Å². The lowest BCUT2D eigenvalue weighted by Gasteiger charge is -2.15. The standard InChI is InChI=1S/C14H23NOS/c1-3-5-7-12(4-2)11-15-14(16)10-13-8-6-9-17-13/h6,8-9,12H,3-5,7,10-11H2,1-2H3,(H,15,16). The van der Waals surface area contributed by atoms with Gasteiger partial charge >= 0.3 is 0 Å². The van der Waals surface area contributed by atoms with Gasteiger partial charge in [0.25, 0.3) is 0 Å². The molecular formula is C14H23NOS. The Morgan fingerprint density at radius 1 is 1.47 bits per heavy atom. The van der Waals surface area contributed by atoms with Gasteiger partial charge in [-0.25, -0.2) is 0 Å². The Balaban J connectivity index is 2.21. The predicted molar refractivity (Wildman–Crippen MR) is 74.3 cm³/mol. The van der Waals surface area contributed by atoms with E-state index in [2.05, 4.69) is 19.2 Å². The molecule has 17 heavy (non-hydrogen) atoms. The minimum atomic E-state index is 0.155. The predicted octanol–water partition coefficient (Wildman–Crippen LogP) is 3.62. The number of nitrogens with one attached hydrogen (secondary N) is 1. The van der Waals surface area contributed by atoms with E-state index >= 15 is 0 Å². The first-order chi connectivity index (χ1) is 8.26. The quantitative estimate of drug-likeness (QED) is 0.753. The first kappa shape index (κ1) is 14.2. The average molecular weight is 253 g/mol. The summed E-state index contributed by atoms with van der Waals surface area (Å²) in [5, 5.41) is 5.06. The fourth-order valence-electron chi connectivity index (χ4n) is 1.84. The maximum absolute atomic E-state index is 11.7. The van der Waals surface area contributed by atoms with Crippen molar-refractivity contribution < 1.29 is 4.79 Å². The molecule has 1 rings (SSSR count). The van der Waals surface area contributed by atoms with Crippen LogP contribution in [-0.2, 0) is 11.2 Å². The van der Waals surface area contributed by atoms with Gasteiger partial charge in [0.05, 0.1) is 6.42 Å². The van der Waals surface area contributed by atoms with Crippen LogP contribution in [0.3, 0.4) is 0 Å². The summed E-state index contributed by atoms with van der Waals surface area (Å²) < 4.78 is 0. The topological polar surface area (TPSA) is 29.1 Å². The zero-order valence-corrected chi connectivity index (χ0v) is 11.7. The molecular weight excluding hydrogens is 230 g/mol. The number of unbranched alkanes of at least 4 members (excludes halogenated alkanes) is 1. The van der Waals surface area contributed by atoms with Crippen LogP contribution in [-0.4, -0.2) is 12.5 Å². The summed E-state index contributed by atoms with van der Waals surface area (Å²) in [6.45, 7) is 5.24. The Labute approximate surface area is 108 Å². The number of rotatable bonds is 8. The molecule has 0 bridgehead atoms. The number of amides is 1. The Hall–Kier alpha value is -0.830. The van der Waals surface area contributed by atoms with Crippen LogP contribution in [0.15, 0.2) is 17.5 Å². The van der Waals surface area contributed by atoms with E-state index in [0.29, 0.717) is 12.3 Å². The van der Waals surface area contributed by atoms with Gasteiger partial charge in [0.1, 0.15) is 0 Å². The molecule has 0 spiro atoms. The highest BCUT2D eigenvalue weighted by molar-refractivity contribution is 7.10. The van der Waals surface area contributed by atoms with Crippen molar-refractivity contribution >= 4 is 17.2 Å². The highest BCUT2D eigenvalue weighted by Crippen LogP contribution is 2.12. The minimum absolute atomic E-state index is 0.155. The van der Waals surface area contributed by atoms with Gasteiger partial charge in [0.15, 0.2) is 0 Å². The van der Waals surface area contributed by atoms with Crippen LogP contribution in [0, 0.1) is 5.92 Å². The van der Waals surface area contributed by atoms with E-state index in [-0.39, 0.29) is 5.91 Å². The fraction of sp³-hybridized carbons (Fsp3) is 0.643. The van der Waals surface area contributed by atoms with Crippen molar-refractivity contribution in [2.45, 2.75) is 46.0 Å². The van der Waals surface area contributed by atoms with Gasteiger partial charge in [-0.2, -0.15) is 0 Å². The molecule has 0 saturated heterocycles. The van der Waals surface area contributed by atoms with Crippen molar-refractivity contribution in [2.75, 3.05) is 6.54 Å². The van der Waals surface area contributed by atoms with E-state index in [9.17, 15) is 4.79 Å². The molecule has 96 valence electrons. The van der Waals surface area contributed by atoms with Crippen LogP contribution < -0.4 is 5.32 Å². The fourth-order valence-corrected chi connectivity index (χ4v) is 2.54. The highest BCUT2D eigenvalue weighted by Gasteiger charge is 2.09. The van der Waals surface area contributed by atoms with Gasteiger partial charge in [-0.1, -0.05) is 39.2 Å². The maximum atomic E-state index is 11.7. The van der Waals surface area contributed by atoms with Crippen LogP contribution >= 0.6 is 11.3 Å².